The van der Waals surface area contributed by atoms with Crippen molar-refractivity contribution in [2.45, 2.75) is 63.5 Å². The molecule has 0 radical (unpaired) electrons. The molecule has 0 bridgehead atoms. The van der Waals surface area contributed by atoms with Gasteiger partial charge in [0.25, 0.3) is 5.91 Å². The van der Waals surface area contributed by atoms with Crippen molar-refractivity contribution in [3.63, 3.8) is 0 Å². The Morgan fingerprint density at radius 3 is 2.08 bits per heavy atom. The minimum atomic E-state index is -0.277. The third kappa shape index (κ3) is 3.32. The largest absolute Gasteiger partial charge is 0.331 e. The highest BCUT2D eigenvalue weighted by atomic mass is 19.1. The third-order valence-corrected chi connectivity index (χ3v) is 5.57. The monoisotopic (exact) mass is 341 g/mol. The lowest BCUT2D eigenvalue weighted by molar-refractivity contribution is 0.0574. The molecule has 5 heteroatoms. The molecular formula is C20H24FN3O. The van der Waals surface area contributed by atoms with Gasteiger partial charge in [-0.25, -0.2) is 9.07 Å². The molecule has 0 saturated heterocycles. The highest BCUT2D eigenvalue weighted by Crippen LogP contribution is 2.32. The minimum Gasteiger partial charge on any atom is -0.331 e. The van der Waals surface area contributed by atoms with Crippen LogP contribution in [0, 0.1) is 5.82 Å². The maximum absolute atomic E-state index is 13.2. The predicted molar refractivity (Wildman–Crippen MR) is 94.2 cm³/mol. The zero-order valence-electron chi connectivity index (χ0n) is 14.4. The van der Waals surface area contributed by atoms with Crippen LogP contribution in [0.25, 0.3) is 5.69 Å². The standard InChI is InChI=1S/C20H24FN3O/c21-15-9-11-16(12-10-15)23-14-13-19(22-23)20(25)24(17-5-1-2-6-17)18-7-3-4-8-18/h9-14,17-18H,1-8H2. The number of hydrogen-bond donors (Lipinski definition) is 0. The smallest absolute Gasteiger partial charge is 0.274 e. The molecule has 1 heterocycles. The Labute approximate surface area is 147 Å². The zero-order chi connectivity index (χ0) is 17.2. The molecule has 4 rings (SSSR count). The molecule has 1 aromatic carbocycles. The summed E-state index contributed by atoms with van der Waals surface area (Å²) >= 11 is 0. The summed E-state index contributed by atoms with van der Waals surface area (Å²) in [5, 5.41) is 4.48. The van der Waals surface area contributed by atoms with Gasteiger partial charge in [-0.15, -0.1) is 0 Å². The fourth-order valence-corrected chi connectivity index (χ4v) is 4.30. The fourth-order valence-electron chi connectivity index (χ4n) is 4.30. The summed E-state index contributed by atoms with van der Waals surface area (Å²) in [6.07, 6.45) is 11.1. The predicted octanol–water partition coefficient (Wildman–Crippen LogP) is 4.34. The number of carbonyl (C=O) groups excluding carboxylic acids is 1. The van der Waals surface area contributed by atoms with Gasteiger partial charge in [0.2, 0.25) is 0 Å². The third-order valence-electron chi connectivity index (χ3n) is 5.57. The van der Waals surface area contributed by atoms with E-state index in [1.807, 2.05) is 0 Å². The number of carbonyl (C=O) groups is 1. The summed E-state index contributed by atoms with van der Waals surface area (Å²) < 4.78 is 14.7. The van der Waals surface area contributed by atoms with Crippen LogP contribution in [0.3, 0.4) is 0 Å². The number of nitrogens with zero attached hydrogens (tertiary/aromatic N) is 3. The van der Waals surface area contributed by atoms with E-state index in [0.717, 1.165) is 31.4 Å². The molecule has 0 spiro atoms. The normalized spacial score (nSPS) is 18.8. The van der Waals surface area contributed by atoms with Gasteiger partial charge in [0, 0.05) is 18.3 Å². The molecule has 25 heavy (non-hydrogen) atoms. The van der Waals surface area contributed by atoms with Crippen LogP contribution < -0.4 is 0 Å². The molecule has 4 nitrogen and oxygen atoms in total. The van der Waals surface area contributed by atoms with Gasteiger partial charge in [-0.2, -0.15) is 5.10 Å². The number of aromatic nitrogens is 2. The van der Waals surface area contributed by atoms with Gasteiger partial charge in [-0.1, -0.05) is 25.7 Å². The quantitative estimate of drug-likeness (QED) is 0.830. The molecule has 2 aliphatic carbocycles. The Morgan fingerprint density at radius 1 is 0.960 bits per heavy atom. The first-order chi connectivity index (χ1) is 12.2. The van der Waals surface area contributed by atoms with Gasteiger partial charge >= 0.3 is 0 Å². The van der Waals surface area contributed by atoms with E-state index in [2.05, 4.69) is 10.00 Å². The van der Waals surface area contributed by atoms with Crippen molar-refractivity contribution in [1.82, 2.24) is 14.7 Å². The molecule has 2 fully saturated rings. The Hall–Kier alpha value is -2.17. The lowest BCUT2D eigenvalue weighted by Crippen LogP contribution is -2.45. The molecule has 0 unspecified atom stereocenters. The van der Waals surface area contributed by atoms with Gasteiger partial charge < -0.3 is 4.90 Å². The maximum atomic E-state index is 13.2. The van der Waals surface area contributed by atoms with Crippen molar-refractivity contribution in [1.29, 1.82) is 0 Å². The van der Waals surface area contributed by atoms with Crippen LogP contribution in [0.5, 0.6) is 0 Å². The summed E-state index contributed by atoms with van der Waals surface area (Å²) in [6, 6.07) is 8.66. The second-order valence-corrected chi connectivity index (χ2v) is 7.21. The second-order valence-electron chi connectivity index (χ2n) is 7.21. The Kier molecular flexibility index (Phi) is 4.55. The van der Waals surface area contributed by atoms with E-state index in [0.29, 0.717) is 17.8 Å². The first kappa shape index (κ1) is 16.3. The van der Waals surface area contributed by atoms with Crippen molar-refractivity contribution in [2.75, 3.05) is 0 Å². The van der Waals surface area contributed by atoms with Crippen LogP contribution in [0.1, 0.15) is 61.9 Å². The minimum absolute atomic E-state index is 0.0552. The molecule has 1 amide bonds. The van der Waals surface area contributed by atoms with E-state index in [1.165, 1.54) is 37.8 Å². The summed E-state index contributed by atoms with van der Waals surface area (Å²) in [4.78, 5) is 15.3. The van der Waals surface area contributed by atoms with Gasteiger partial charge in [0.15, 0.2) is 5.69 Å². The molecule has 2 saturated carbocycles. The molecule has 1 aromatic heterocycles. The van der Waals surface area contributed by atoms with Crippen LogP contribution in [-0.4, -0.2) is 32.7 Å². The highest BCUT2D eigenvalue weighted by molar-refractivity contribution is 5.92. The Bertz CT molecular complexity index is 712. The molecule has 0 atom stereocenters. The zero-order valence-corrected chi connectivity index (χ0v) is 14.4. The summed E-state index contributed by atoms with van der Waals surface area (Å²) in [7, 11) is 0. The maximum Gasteiger partial charge on any atom is 0.274 e. The van der Waals surface area contributed by atoms with E-state index in [9.17, 15) is 9.18 Å². The van der Waals surface area contributed by atoms with E-state index in [1.54, 1.807) is 29.1 Å². The van der Waals surface area contributed by atoms with E-state index in [-0.39, 0.29) is 11.7 Å². The van der Waals surface area contributed by atoms with E-state index >= 15 is 0 Å². The first-order valence-corrected chi connectivity index (χ1v) is 9.36. The van der Waals surface area contributed by atoms with Crippen molar-refractivity contribution in [3.05, 3.63) is 48.0 Å². The van der Waals surface area contributed by atoms with Crippen molar-refractivity contribution >= 4 is 5.91 Å². The van der Waals surface area contributed by atoms with E-state index in [4.69, 9.17) is 0 Å². The lowest BCUT2D eigenvalue weighted by Gasteiger charge is -2.34. The molecule has 0 N–H and O–H groups in total. The van der Waals surface area contributed by atoms with Crippen LogP contribution in [0.2, 0.25) is 0 Å². The number of amides is 1. The second kappa shape index (κ2) is 6.98. The average Bonchev–Trinajstić information content (AvgIpc) is 3.38. The van der Waals surface area contributed by atoms with Crippen LogP contribution >= 0.6 is 0 Å². The number of rotatable bonds is 4. The summed E-state index contributed by atoms with van der Waals surface area (Å²) in [6.45, 7) is 0. The van der Waals surface area contributed by atoms with Crippen LogP contribution in [0.4, 0.5) is 4.39 Å². The fraction of sp³-hybridized carbons (Fsp3) is 0.500. The van der Waals surface area contributed by atoms with Gasteiger partial charge in [0.05, 0.1) is 5.69 Å². The highest BCUT2D eigenvalue weighted by Gasteiger charge is 2.35. The first-order valence-electron chi connectivity index (χ1n) is 9.36. The lowest BCUT2D eigenvalue weighted by atomic mass is 10.1. The van der Waals surface area contributed by atoms with Gasteiger partial charge in [0.1, 0.15) is 5.82 Å². The molecule has 2 aromatic rings. The van der Waals surface area contributed by atoms with Crippen LogP contribution in [0.15, 0.2) is 36.5 Å². The Balaban J connectivity index is 1.58. The SMILES string of the molecule is O=C(c1ccn(-c2ccc(F)cc2)n1)N(C1CCCC1)C1CCCC1. The van der Waals surface area contributed by atoms with Crippen molar-refractivity contribution in [3.8, 4) is 5.69 Å². The molecule has 0 aliphatic heterocycles. The van der Waals surface area contributed by atoms with Gasteiger partial charge in [-0.3, -0.25) is 4.79 Å². The molecular weight excluding hydrogens is 317 g/mol. The number of benzene rings is 1. The molecule has 132 valence electrons. The Morgan fingerprint density at radius 2 is 1.52 bits per heavy atom. The van der Waals surface area contributed by atoms with Crippen molar-refractivity contribution in [2.24, 2.45) is 0 Å². The van der Waals surface area contributed by atoms with Crippen molar-refractivity contribution < 1.29 is 9.18 Å². The van der Waals surface area contributed by atoms with Gasteiger partial charge in [-0.05, 0) is 56.0 Å². The average molecular weight is 341 g/mol. The topological polar surface area (TPSA) is 38.1 Å². The molecule has 2 aliphatic rings. The van der Waals surface area contributed by atoms with Crippen LogP contribution in [-0.2, 0) is 0 Å². The number of halogens is 1. The van der Waals surface area contributed by atoms with E-state index < -0.39 is 0 Å². The number of hydrogen-bond acceptors (Lipinski definition) is 2. The summed E-state index contributed by atoms with van der Waals surface area (Å²) in [5.41, 5.74) is 1.25. The summed E-state index contributed by atoms with van der Waals surface area (Å²) in [5.74, 6) is -0.222.